The van der Waals surface area contributed by atoms with E-state index in [1.54, 1.807) is 17.5 Å². The van der Waals surface area contributed by atoms with Gasteiger partial charge in [-0.1, -0.05) is 6.07 Å². The van der Waals surface area contributed by atoms with Crippen molar-refractivity contribution in [3.8, 4) is 6.07 Å². The summed E-state index contributed by atoms with van der Waals surface area (Å²) in [6.45, 7) is 0. The number of carbonyl (C=O) groups is 1. The van der Waals surface area contributed by atoms with Crippen molar-refractivity contribution >= 4 is 44.7 Å². The molecule has 3 aromatic rings. The number of thiophene rings is 1. The number of aromatic nitrogens is 2. The maximum absolute atomic E-state index is 13.8. The van der Waals surface area contributed by atoms with Crippen LogP contribution in [0.3, 0.4) is 0 Å². The normalized spacial score (nSPS) is 18.2. The van der Waals surface area contributed by atoms with Crippen molar-refractivity contribution in [2.45, 2.75) is 24.7 Å². The highest BCUT2D eigenvalue weighted by atomic mass is 79.9. The van der Waals surface area contributed by atoms with E-state index in [2.05, 4.69) is 31.7 Å². The van der Waals surface area contributed by atoms with Gasteiger partial charge >= 0.3 is 6.18 Å². The maximum atomic E-state index is 13.8. The number of nitrogens with one attached hydrogen (secondary N) is 2. The van der Waals surface area contributed by atoms with E-state index in [-0.39, 0.29) is 22.4 Å². The highest BCUT2D eigenvalue weighted by Crippen LogP contribution is 2.46. The third kappa shape index (κ3) is 3.80. The summed E-state index contributed by atoms with van der Waals surface area (Å²) in [5.74, 6) is -0.559. The first kappa shape index (κ1) is 20.4. The summed E-state index contributed by atoms with van der Waals surface area (Å²) in [7, 11) is 0. The first-order chi connectivity index (χ1) is 14.3. The van der Waals surface area contributed by atoms with Crippen LogP contribution in [0.25, 0.3) is 0 Å². The summed E-state index contributed by atoms with van der Waals surface area (Å²) in [4.78, 5) is 13.5. The Morgan fingerprint density at radius 3 is 2.67 bits per heavy atom. The van der Waals surface area contributed by atoms with E-state index in [0.717, 1.165) is 9.56 Å². The highest BCUT2D eigenvalue weighted by Gasteiger charge is 2.48. The van der Waals surface area contributed by atoms with Gasteiger partial charge in [-0.15, -0.1) is 11.3 Å². The van der Waals surface area contributed by atoms with E-state index in [1.807, 2.05) is 6.07 Å². The summed E-state index contributed by atoms with van der Waals surface area (Å²) >= 11 is 4.61. The molecule has 11 heteroatoms. The maximum Gasteiger partial charge on any atom is 0.410 e. The van der Waals surface area contributed by atoms with Crippen LogP contribution in [-0.4, -0.2) is 21.9 Å². The molecule has 1 aliphatic rings. The third-order valence-electron chi connectivity index (χ3n) is 4.67. The van der Waals surface area contributed by atoms with Gasteiger partial charge in [0, 0.05) is 17.0 Å². The molecule has 0 saturated heterocycles. The number of fused-ring (bicyclic) bond motifs is 1. The molecule has 0 spiro atoms. The Morgan fingerprint density at radius 2 is 2.07 bits per heavy atom. The molecule has 3 heterocycles. The number of carbonyl (C=O) groups excluding carboxylic acids is 1. The molecule has 0 unspecified atom stereocenters. The number of halogens is 4. The van der Waals surface area contributed by atoms with Gasteiger partial charge in [-0.05, 0) is 51.6 Å². The third-order valence-corrected chi connectivity index (χ3v) is 6.41. The molecule has 4 rings (SSSR count). The van der Waals surface area contributed by atoms with Crippen molar-refractivity contribution in [3.63, 3.8) is 0 Å². The predicted molar refractivity (Wildman–Crippen MR) is 109 cm³/mol. The Morgan fingerprint density at radius 1 is 1.33 bits per heavy atom. The van der Waals surface area contributed by atoms with Gasteiger partial charge in [0.2, 0.25) is 0 Å². The Kier molecular flexibility index (Phi) is 5.29. The lowest BCUT2D eigenvalue weighted by Gasteiger charge is -2.33. The first-order valence-corrected chi connectivity index (χ1v) is 10.4. The Hall–Kier alpha value is -2.84. The molecule has 0 bridgehead atoms. The van der Waals surface area contributed by atoms with Gasteiger partial charge in [0.05, 0.1) is 22.1 Å². The number of amides is 1. The van der Waals surface area contributed by atoms with Crippen LogP contribution in [-0.2, 0) is 0 Å². The fourth-order valence-corrected chi connectivity index (χ4v) is 4.58. The molecule has 0 radical (unpaired) electrons. The second-order valence-electron chi connectivity index (χ2n) is 6.60. The lowest BCUT2D eigenvalue weighted by atomic mass is 10.0. The SMILES string of the molecule is N#Cc1ccc(NC(=O)c2nn3c(c2Br)N[C@@H](c2cccs2)C[C@@H]3C(F)(F)F)cc1. The summed E-state index contributed by atoms with van der Waals surface area (Å²) in [5.41, 5.74) is 0.653. The van der Waals surface area contributed by atoms with E-state index in [1.165, 1.54) is 35.6 Å². The Balaban J connectivity index is 1.67. The minimum Gasteiger partial charge on any atom is -0.362 e. The van der Waals surface area contributed by atoms with E-state index in [9.17, 15) is 18.0 Å². The van der Waals surface area contributed by atoms with Crippen LogP contribution < -0.4 is 10.6 Å². The van der Waals surface area contributed by atoms with Crippen LogP contribution in [0, 0.1) is 11.3 Å². The number of hydrogen-bond acceptors (Lipinski definition) is 5. The number of hydrogen-bond donors (Lipinski definition) is 2. The summed E-state index contributed by atoms with van der Waals surface area (Å²) in [5, 5.41) is 20.3. The number of alkyl halides is 3. The van der Waals surface area contributed by atoms with Crippen LogP contribution in [0.15, 0.2) is 46.3 Å². The largest absolute Gasteiger partial charge is 0.410 e. The number of nitriles is 1. The standard InChI is InChI=1S/C19H13BrF3N5OS/c20-15-16(18(29)25-11-5-3-10(9-24)4-6-11)27-28-14(19(21,22)23)8-12(26-17(15)28)13-2-1-7-30-13/h1-7,12,14,26H,8H2,(H,25,29)/t12-,14-/m1/s1. The molecule has 2 aromatic heterocycles. The van der Waals surface area contributed by atoms with E-state index >= 15 is 0 Å². The van der Waals surface area contributed by atoms with Gasteiger partial charge in [0.25, 0.3) is 5.91 Å². The van der Waals surface area contributed by atoms with Crippen molar-refractivity contribution < 1.29 is 18.0 Å². The number of anilines is 2. The summed E-state index contributed by atoms with van der Waals surface area (Å²) < 4.78 is 42.3. The molecule has 2 N–H and O–H groups in total. The molecule has 6 nitrogen and oxygen atoms in total. The number of rotatable bonds is 3. The molecule has 0 fully saturated rings. The molecular weight excluding hydrogens is 483 g/mol. The minimum atomic E-state index is -4.53. The fraction of sp³-hybridized carbons (Fsp3) is 0.211. The molecule has 0 aliphatic carbocycles. The average molecular weight is 496 g/mol. The van der Waals surface area contributed by atoms with Crippen molar-refractivity contribution in [3.05, 3.63) is 62.4 Å². The van der Waals surface area contributed by atoms with Gasteiger partial charge in [-0.3, -0.25) is 4.79 Å². The molecule has 1 amide bonds. The number of benzene rings is 1. The molecule has 1 aliphatic heterocycles. The van der Waals surface area contributed by atoms with Gasteiger partial charge < -0.3 is 10.6 Å². The lowest BCUT2D eigenvalue weighted by Crippen LogP contribution is -2.35. The topological polar surface area (TPSA) is 82.7 Å². The van der Waals surface area contributed by atoms with Gasteiger partial charge in [-0.25, -0.2) is 4.68 Å². The van der Waals surface area contributed by atoms with Crippen LogP contribution in [0.4, 0.5) is 24.7 Å². The van der Waals surface area contributed by atoms with E-state index in [4.69, 9.17) is 5.26 Å². The number of nitrogens with zero attached hydrogens (tertiary/aromatic N) is 3. The molecule has 154 valence electrons. The lowest BCUT2D eigenvalue weighted by molar-refractivity contribution is -0.173. The molecule has 0 saturated carbocycles. The highest BCUT2D eigenvalue weighted by molar-refractivity contribution is 9.10. The average Bonchev–Trinajstić information content (AvgIpc) is 3.36. The summed E-state index contributed by atoms with van der Waals surface area (Å²) in [6.07, 6.45) is -4.76. The van der Waals surface area contributed by atoms with Crippen molar-refractivity contribution in [1.29, 1.82) is 5.26 Å². The second-order valence-corrected chi connectivity index (χ2v) is 8.38. The molecule has 30 heavy (non-hydrogen) atoms. The quantitative estimate of drug-likeness (QED) is 0.503. The van der Waals surface area contributed by atoms with Gasteiger partial charge in [-0.2, -0.15) is 23.5 Å². The van der Waals surface area contributed by atoms with Crippen molar-refractivity contribution in [2.24, 2.45) is 0 Å². The van der Waals surface area contributed by atoms with Crippen LogP contribution in [0.5, 0.6) is 0 Å². The zero-order valence-electron chi connectivity index (χ0n) is 15.1. The monoisotopic (exact) mass is 495 g/mol. The van der Waals surface area contributed by atoms with Crippen LogP contribution in [0.2, 0.25) is 0 Å². The van der Waals surface area contributed by atoms with Crippen molar-refractivity contribution in [1.82, 2.24) is 9.78 Å². The molecule has 2 atom stereocenters. The van der Waals surface area contributed by atoms with Crippen LogP contribution >= 0.6 is 27.3 Å². The predicted octanol–water partition coefficient (Wildman–Crippen LogP) is 5.49. The van der Waals surface area contributed by atoms with Crippen LogP contribution in [0.1, 0.15) is 39.4 Å². The van der Waals surface area contributed by atoms with Gasteiger partial charge in [0.15, 0.2) is 11.7 Å². The first-order valence-electron chi connectivity index (χ1n) is 8.74. The Bertz CT molecular complexity index is 1120. The minimum absolute atomic E-state index is 0.104. The Labute approximate surface area is 181 Å². The van der Waals surface area contributed by atoms with E-state index < -0.39 is 24.2 Å². The van der Waals surface area contributed by atoms with Crippen molar-refractivity contribution in [2.75, 3.05) is 10.6 Å². The second kappa shape index (κ2) is 7.77. The van der Waals surface area contributed by atoms with Gasteiger partial charge in [0.1, 0.15) is 5.82 Å². The zero-order valence-corrected chi connectivity index (χ0v) is 17.5. The smallest absolute Gasteiger partial charge is 0.362 e. The van der Waals surface area contributed by atoms with E-state index in [0.29, 0.717) is 11.3 Å². The summed E-state index contributed by atoms with van der Waals surface area (Å²) in [6, 6.07) is 9.21. The zero-order chi connectivity index (χ0) is 21.5. The molecule has 1 aromatic carbocycles. The fourth-order valence-electron chi connectivity index (χ4n) is 3.23. The molecular formula is C19H13BrF3N5OS.